The summed E-state index contributed by atoms with van der Waals surface area (Å²) < 4.78 is 16.4. The van der Waals surface area contributed by atoms with Crippen molar-refractivity contribution in [3.8, 4) is 11.5 Å². The number of hydrogen-bond acceptors (Lipinski definition) is 6. The van der Waals surface area contributed by atoms with Crippen LogP contribution in [0.25, 0.3) is 11.5 Å². The third-order valence-electron chi connectivity index (χ3n) is 3.87. The number of anilines is 1. The van der Waals surface area contributed by atoms with Gasteiger partial charge in [0.25, 0.3) is 5.89 Å². The van der Waals surface area contributed by atoms with Gasteiger partial charge in [-0.3, -0.25) is 0 Å². The average Bonchev–Trinajstić information content (AvgIpc) is 3.05. The fourth-order valence-electron chi connectivity index (χ4n) is 2.82. The molecule has 6 nitrogen and oxygen atoms in total. The number of hydrogen-bond donors (Lipinski definition) is 1. The van der Waals surface area contributed by atoms with Crippen molar-refractivity contribution in [2.24, 2.45) is 0 Å². The Morgan fingerprint density at radius 1 is 1.24 bits per heavy atom. The fraction of sp³-hybridized carbons (Fsp3) is 0.467. The Balaban J connectivity index is 1.66. The maximum Gasteiger partial charge on any atom is 0.258 e. The molecule has 0 saturated carbocycles. The Morgan fingerprint density at radius 2 is 2.24 bits per heavy atom. The van der Waals surface area contributed by atoms with Crippen LogP contribution in [0.2, 0.25) is 0 Å². The van der Waals surface area contributed by atoms with E-state index in [1.807, 2.05) is 12.1 Å². The molecule has 0 radical (unpaired) electrons. The van der Waals surface area contributed by atoms with E-state index in [-0.39, 0.29) is 6.10 Å². The summed E-state index contributed by atoms with van der Waals surface area (Å²) in [5, 5.41) is 7.46. The molecule has 3 heterocycles. The molecule has 1 aromatic heterocycles. The lowest BCUT2D eigenvalue weighted by Crippen LogP contribution is -2.22. The molecular formula is C15H17N3O3. The van der Waals surface area contributed by atoms with Gasteiger partial charge >= 0.3 is 0 Å². The zero-order valence-electron chi connectivity index (χ0n) is 11.7. The van der Waals surface area contributed by atoms with Crippen LogP contribution in [0.3, 0.4) is 0 Å². The molecule has 1 saturated heterocycles. The van der Waals surface area contributed by atoms with Gasteiger partial charge in [-0.25, -0.2) is 0 Å². The summed E-state index contributed by atoms with van der Waals surface area (Å²) >= 11 is 0. The predicted octanol–water partition coefficient (Wildman–Crippen LogP) is 2.18. The third kappa shape index (κ3) is 2.41. The highest BCUT2D eigenvalue weighted by Crippen LogP contribution is 2.32. The Labute approximate surface area is 122 Å². The van der Waals surface area contributed by atoms with Crippen molar-refractivity contribution in [3.05, 3.63) is 29.6 Å². The number of fused-ring (bicyclic) bond motifs is 1. The molecule has 0 spiro atoms. The molecular weight excluding hydrogens is 270 g/mol. The van der Waals surface area contributed by atoms with Gasteiger partial charge in [0, 0.05) is 17.8 Å². The molecule has 21 heavy (non-hydrogen) atoms. The van der Waals surface area contributed by atoms with E-state index in [1.54, 1.807) is 0 Å². The highest BCUT2D eigenvalue weighted by molar-refractivity contribution is 5.69. The third-order valence-corrected chi connectivity index (χ3v) is 3.87. The molecule has 1 atom stereocenters. The monoisotopic (exact) mass is 287 g/mol. The molecule has 0 bridgehead atoms. The van der Waals surface area contributed by atoms with Gasteiger partial charge in [0.05, 0.1) is 19.8 Å². The molecule has 1 unspecified atom stereocenters. The molecule has 6 heteroatoms. The van der Waals surface area contributed by atoms with Crippen molar-refractivity contribution in [2.45, 2.75) is 18.9 Å². The first-order valence-corrected chi connectivity index (χ1v) is 7.31. The predicted molar refractivity (Wildman–Crippen MR) is 76.1 cm³/mol. The van der Waals surface area contributed by atoms with Crippen molar-refractivity contribution < 1.29 is 14.0 Å². The van der Waals surface area contributed by atoms with Crippen molar-refractivity contribution in [3.63, 3.8) is 0 Å². The second-order valence-corrected chi connectivity index (χ2v) is 5.25. The highest BCUT2D eigenvalue weighted by atomic mass is 16.6. The number of rotatable bonds is 2. The van der Waals surface area contributed by atoms with Gasteiger partial charge in [-0.1, -0.05) is 11.2 Å². The van der Waals surface area contributed by atoms with Crippen molar-refractivity contribution in [2.75, 3.05) is 31.7 Å². The molecule has 4 rings (SSSR count). The molecule has 1 fully saturated rings. The van der Waals surface area contributed by atoms with E-state index in [0.717, 1.165) is 30.6 Å². The maximum absolute atomic E-state index is 5.60. The molecule has 110 valence electrons. The molecule has 0 amide bonds. The van der Waals surface area contributed by atoms with Crippen LogP contribution in [-0.2, 0) is 15.9 Å². The summed E-state index contributed by atoms with van der Waals surface area (Å²) in [6.07, 6.45) is 1.91. The Hall–Kier alpha value is -1.92. The maximum atomic E-state index is 5.60. The second kappa shape index (κ2) is 5.46. The summed E-state index contributed by atoms with van der Waals surface area (Å²) in [4.78, 5) is 4.50. The van der Waals surface area contributed by atoms with Crippen molar-refractivity contribution in [1.29, 1.82) is 0 Å². The van der Waals surface area contributed by atoms with Crippen LogP contribution in [0.4, 0.5) is 5.69 Å². The van der Waals surface area contributed by atoms with Crippen molar-refractivity contribution in [1.82, 2.24) is 10.1 Å². The van der Waals surface area contributed by atoms with E-state index in [0.29, 0.717) is 31.5 Å². The average molecular weight is 287 g/mol. The minimum atomic E-state index is -0.228. The van der Waals surface area contributed by atoms with Gasteiger partial charge < -0.3 is 19.3 Å². The largest absolute Gasteiger partial charge is 0.385 e. The smallest absolute Gasteiger partial charge is 0.258 e. The van der Waals surface area contributed by atoms with Gasteiger partial charge in [-0.15, -0.1) is 0 Å². The summed E-state index contributed by atoms with van der Waals surface area (Å²) in [5.41, 5.74) is 3.42. The van der Waals surface area contributed by atoms with E-state index < -0.39 is 0 Å². The quantitative estimate of drug-likeness (QED) is 0.913. The first-order chi connectivity index (χ1) is 10.4. The topological polar surface area (TPSA) is 69.4 Å². The van der Waals surface area contributed by atoms with E-state index in [1.165, 1.54) is 5.56 Å². The van der Waals surface area contributed by atoms with Crippen LogP contribution < -0.4 is 5.32 Å². The van der Waals surface area contributed by atoms with Gasteiger partial charge in [0.1, 0.15) is 6.10 Å². The normalized spacial score (nSPS) is 21.6. The van der Waals surface area contributed by atoms with Gasteiger partial charge in [-0.05, 0) is 30.5 Å². The number of nitrogens with one attached hydrogen (secondary N) is 1. The lowest BCUT2D eigenvalue weighted by molar-refractivity contribution is -0.0941. The Bertz CT molecular complexity index is 635. The Kier molecular flexibility index (Phi) is 3.33. The number of aromatic nitrogens is 2. The number of ether oxygens (including phenoxy) is 2. The van der Waals surface area contributed by atoms with Crippen LogP contribution in [0.1, 0.15) is 23.9 Å². The molecule has 2 aromatic rings. The zero-order chi connectivity index (χ0) is 14.1. The van der Waals surface area contributed by atoms with Crippen molar-refractivity contribution >= 4 is 5.69 Å². The van der Waals surface area contributed by atoms with Crippen LogP contribution >= 0.6 is 0 Å². The number of benzene rings is 1. The van der Waals surface area contributed by atoms with Gasteiger partial charge in [0.2, 0.25) is 5.82 Å². The van der Waals surface area contributed by atoms with Gasteiger partial charge in [-0.2, -0.15) is 4.98 Å². The first-order valence-electron chi connectivity index (χ1n) is 7.31. The minimum Gasteiger partial charge on any atom is -0.385 e. The SMILES string of the molecule is c1cc2c(c(-c3nc(C4COCCO4)no3)c1)CCCN2. The molecule has 1 aromatic carbocycles. The van der Waals surface area contributed by atoms with E-state index >= 15 is 0 Å². The molecule has 2 aliphatic heterocycles. The van der Waals surface area contributed by atoms with Crippen LogP contribution in [0.15, 0.2) is 22.7 Å². The molecule has 2 aliphatic rings. The van der Waals surface area contributed by atoms with E-state index in [9.17, 15) is 0 Å². The summed E-state index contributed by atoms with van der Waals surface area (Å²) in [5.74, 6) is 1.12. The standard InChI is InChI=1S/C15H17N3O3/c1-3-11(10-4-2-6-16-12(10)5-1)15-17-14(18-21-15)13-9-19-7-8-20-13/h1,3,5,13,16H,2,4,6-9H2. The second-order valence-electron chi connectivity index (χ2n) is 5.25. The van der Waals surface area contributed by atoms with E-state index in [4.69, 9.17) is 14.0 Å². The lowest BCUT2D eigenvalue weighted by Gasteiger charge is -2.20. The van der Waals surface area contributed by atoms with E-state index in [2.05, 4.69) is 21.5 Å². The number of nitrogens with zero attached hydrogens (tertiary/aromatic N) is 2. The lowest BCUT2D eigenvalue weighted by atomic mass is 9.97. The fourth-order valence-corrected chi connectivity index (χ4v) is 2.82. The highest BCUT2D eigenvalue weighted by Gasteiger charge is 2.24. The Morgan fingerprint density at radius 3 is 3.14 bits per heavy atom. The minimum absolute atomic E-state index is 0.228. The van der Waals surface area contributed by atoms with Crippen LogP contribution in [0, 0.1) is 0 Å². The molecule has 1 N–H and O–H groups in total. The summed E-state index contributed by atoms with van der Waals surface area (Å²) in [6.45, 7) is 2.69. The van der Waals surface area contributed by atoms with Gasteiger partial charge in [0.15, 0.2) is 0 Å². The van der Waals surface area contributed by atoms with Crippen LogP contribution in [0.5, 0.6) is 0 Å². The summed E-state index contributed by atoms with van der Waals surface area (Å²) in [7, 11) is 0. The first kappa shape index (κ1) is 12.8. The van der Waals surface area contributed by atoms with Crippen LogP contribution in [-0.4, -0.2) is 36.5 Å². The zero-order valence-corrected chi connectivity index (χ0v) is 11.7. The molecule has 0 aliphatic carbocycles. The summed E-state index contributed by atoms with van der Waals surface area (Å²) in [6, 6.07) is 6.13.